The first-order valence-corrected chi connectivity index (χ1v) is 9.63. The van der Waals surface area contributed by atoms with Crippen LogP contribution in [0.5, 0.6) is 5.75 Å². The van der Waals surface area contributed by atoms with Crippen LogP contribution >= 0.6 is 0 Å². The summed E-state index contributed by atoms with van der Waals surface area (Å²) in [7, 11) is 1.58. The number of nitrogens with zero attached hydrogens (tertiary/aromatic N) is 5. The van der Waals surface area contributed by atoms with Gasteiger partial charge in [-0.15, -0.1) is 0 Å². The number of benzene rings is 2. The summed E-state index contributed by atoms with van der Waals surface area (Å²) in [5.74, 6) is 1.68. The van der Waals surface area contributed by atoms with E-state index in [4.69, 9.17) is 4.74 Å². The van der Waals surface area contributed by atoms with E-state index in [0.717, 1.165) is 17.1 Å². The monoisotopic (exact) mass is 402 g/mol. The summed E-state index contributed by atoms with van der Waals surface area (Å²) >= 11 is 0. The lowest BCUT2D eigenvalue weighted by Crippen LogP contribution is -2.34. The standard InChI is InChI=1S/C22H22N6O2/c1-3-27(14-20(29)25-17-11-7-8-12-19(17)30-2)21-13-18(16-9-5-4-6-10-16)26-22-23-15-24-28(21)22/h4-13,15H,3,14H2,1-2H3,(H,25,29). The molecule has 1 N–H and O–H groups in total. The number of methoxy groups -OCH3 is 1. The van der Waals surface area contributed by atoms with Gasteiger partial charge in [-0.3, -0.25) is 4.79 Å². The molecule has 1 amide bonds. The van der Waals surface area contributed by atoms with Crippen molar-refractivity contribution in [2.45, 2.75) is 6.92 Å². The highest BCUT2D eigenvalue weighted by atomic mass is 16.5. The highest BCUT2D eigenvalue weighted by molar-refractivity contribution is 5.95. The maximum Gasteiger partial charge on any atom is 0.254 e. The molecule has 4 aromatic rings. The van der Waals surface area contributed by atoms with E-state index in [-0.39, 0.29) is 12.5 Å². The van der Waals surface area contributed by atoms with Gasteiger partial charge in [0.15, 0.2) is 0 Å². The molecule has 30 heavy (non-hydrogen) atoms. The van der Waals surface area contributed by atoms with Crippen LogP contribution in [0.4, 0.5) is 11.5 Å². The normalized spacial score (nSPS) is 10.7. The smallest absolute Gasteiger partial charge is 0.254 e. The van der Waals surface area contributed by atoms with Crippen molar-refractivity contribution >= 4 is 23.2 Å². The molecule has 2 heterocycles. The predicted molar refractivity (Wildman–Crippen MR) is 116 cm³/mol. The summed E-state index contributed by atoms with van der Waals surface area (Å²) < 4.78 is 6.96. The minimum absolute atomic E-state index is 0.141. The van der Waals surface area contributed by atoms with Gasteiger partial charge < -0.3 is 15.0 Å². The van der Waals surface area contributed by atoms with Gasteiger partial charge in [0.25, 0.3) is 5.78 Å². The zero-order valence-corrected chi connectivity index (χ0v) is 16.8. The molecule has 0 spiro atoms. The number of carbonyl (C=O) groups excluding carboxylic acids is 1. The van der Waals surface area contributed by atoms with Gasteiger partial charge in [-0.2, -0.15) is 14.6 Å². The number of fused-ring (bicyclic) bond motifs is 1. The number of para-hydroxylation sites is 2. The highest BCUT2D eigenvalue weighted by Crippen LogP contribution is 2.25. The lowest BCUT2D eigenvalue weighted by atomic mass is 10.1. The third-order valence-electron chi connectivity index (χ3n) is 4.72. The highest BCUT2D eigenvalue weighted by Gasteiger charge is 2.17. The number of carbonyl (C=O) groups is 1. The van der Waals surface area contributed by atoms with Gasteiger partial charge in [-0.1, -0.05) is 42.5 Å². The molecule has 0 unspecified atom stereocenters. The second kappa shape index (κ2) is 8.60. The Labute approximate surface area is 174 Å². The molecule has 0 atom stereocenters. The van der Waals surface area contributed by atoms with E-state index < -0.39 is 0 Å². The van der Waals surface area contributed by atoms with E-state index in [1.54, 1.807) is 17.7 Å². The number of hydrogen-bond acceptors (Lipinski definition) is 6. The van der Waals surface area contributed by atoms with Gasteiger partial charge in [-0.05, 0) is 19.1 Å². The van der Waals surface area contributed by atoms with E-state index >= 15 is 0 Å². The number of aromatic nitrogens is 4. The van der Waals surface area contributed by atoms with Gasteiger partial charge in [0, 0.05) is 18.2 Å². The number of rotatable bonds is 7. The number of ether oxygens (including phenoxy) is 1. The molecule has 8 nitrogen and oxygen atoms in total. The summed E-state index contributed by atoms with van der Waals surface area (Å²) in [5, 5.41) is 7.21. The van der Waals surface area contributed by atoms with Gasteiger partial charge >= 0.3 is 0 Å². The molecular weight excluding hydrogens is 380 g/mol. The van der Waals surface area contributed by atoms with Crippen molar-refractivity contribution in [3.8, 4) is 17.0 Å². The summed E-state index contributed by atoms with van der Waals surface area (Å²) in [6.45, 7) is 2.73. The lowest BCUT2D eigenvalue weighted by Gasteiger charge is -2.23. The minimum atomic E-state index is -0.160. The molecular formula is C22H22N6O2. The molecule has 2 aromatic carbocycles. The van der Waals surface area contributed by atoms with Crippen LogP contribution in [-0.2, 0) is 4.79 Å². The first kappa shape index (κ1) is 19.4. The molecule has 0 fully saturated rings. The van der Waals surface area contributed by atoms with Crippen LogP contribution in [0.25, 0.3) is 17.0 Å². The summed E-state index contributed by atoms with van der Waals surface area (Å²) in [6, 6.07) is 19.1. The first-order valence-electron chi connectivity index (χ1n) is 9.63. The maximum absolute atomic E-state index is 12.8. The Kier molecular flexibility index (Phi) is 5.56. The van der Waals surface area contributed by atoms with Gasteiger partial charge in [-0.25, -0.2) is 4.98 Å². The van der Waals surface area contributed by atoms with Crippen LogP contribution < -0.4 is 15.0 Å². The fourth-order valence-electron chi connectivity index (χ4n) is 3.24. The largest absolute Gasteiger partial charge is 0.495 e. The molecule has 0 radical (unpaired) electrons. The van der Waals surface area contributed by atoms with E-state index in [9.17, 15) is 4.79 Å². The van der Waals surface area contributed by atoms with E-state index in [1.165, 1.54) is 6.33 Å². The number of nitrogens with one attached hydrogen (secondary N) is 1. The fraction of sp³-hybridized carbons (Fsp3) is 0.182. The fourth-order valence-corrected chi connectivity index (χ4v) is 3.24. The first-order chi connectivity index (χ1) is 14.7. The van der Waals surface area contributed by atoms with Crippen LogP contribution in [0.3, 0.4) is 0 Å². The van der Waals surface area contributed by atoms with Crippen molar-refractivity contribution in [2.24, 2.45) is 0 Å². The second-order valence-corrected chi connectivity index (χ2v) is 6.60. The molecule has 152 valence electrons. The topological polar surface area (TPSA) is 84.7 Å². The molecule has 0 saturated carbocycles. The Morgan fingerprint density at radius 1 is 1.13 bits per heavy atom. The SMILES string of the molecule is CCN(CC(=O)Nc1ccccc1OC)c1cc(-c2ccccc2)nc2ncnn12. The molecule has 2 aromatic heterocycles. The molecule has 8 heteroatoms. The Balaban J connectivity index is 1.64. The van der Waals surface area contributed by atoms with Crippen LogP contribution in [0.1, 0.15) is 6.92 Å². The molecule has 0 saturated heterocycles. The Bertz CT molecular complexity index is 1160. The number of anilines is 2. The average Bonchev–Trinajstić information content (AvgIpc) is 3.26. The molecule has 0 aliphatic rings. The van der Waals surface area contributed by atoms with E-state index in [0.29, 0.717) is 23.8 Å². The van der Waals surface area contributed by atoms with Crippen molar-refractivity contribution in [1.82, 2.24) is 19.6 Å². The van der Waals surface area contributed by atoms with Crippen LogP contribution in [0.15, 0.2) is 67.0 Å². The van der Waals surface area contributed by atoms with Gasteiger partial charge in [0.05, 0.1) is 25.0 Å². The van der Waals surface area contributed by atoms with E-state index in [2.05, 4.69) is 20.4 Å². The zero-order chi connectivity index (χ0) is 20.9. The van der Waals surface area contributed by atoms with Crippen molar-refractivity contribution in [3.05, 3.63) is 67.0 Å². The van der Waals surface area contributed by atoms with Gasteiger partial charge in [0.1, 0.15) is 17.9 Å². The van der Waals surface area contributed by atoms with Crippen LogP contribution in [0.2, 0.25) is 0 Å². The summed E-state index contributed by atoms with van der Waals surface area (Å²) in [6.07, 6.45) is 1.46. The lowest BCUT2D eigenvalue weighted by molar-refractivity contribution is -0.115. The van der Waals surface area contributed by atoms with Gasteiger partial charge in [0.2, 0.25) is 5.91 Å². The van der Waals surface area contributed by atoms with Crippen molar-refractivity contribution in [2.75, 3.05) is 30.4 Å². The quantitative estimate of drug-likeness (QED) is 0.511. The van der Waals surface area contributed by atoms with Crippen molar-refractivity contribution in [1.29, 1.82) is 0 Å². The number of amides is 1. The number of hydrogen-bond donors (Lipinski definition) is 1. The Hall–Kier alpha value is -3.94. The summed E-state index contributed by atoms with van der Waals surface area (Å²) in [5.41, 5.74) is 2.38. The molecule has 0 aliphatic carbocycles. The molecule has 0 aliphatic heterocycles. The minimum Gasteiger partial charge on any atom is -0.495 e. The van der Waals surface area contributed by atoms with Crippen molar-refractivity contribution in [3.63, 3.8) is 0 Å². The van der Waals surface area contributed by atoms with E-state index in [1.807, 2.05) is 66.4 Å². The third-order valence-corrected chi connectivity index (χ3v) is 4.72. The Morgan fingerprint density at radius 2 is 1.90 bits per heavy atom. The summed E-state index contributed by atoms with van der Waals surface area (Å²) in [4.78, 5) is 23.6. The second-order valence-electron chi connectivity index (χ2n) is 6.60. The Morgan fingerprint density at radius 3 is 2.67 bits per heavy atom. The number of likely N-dealkylation sites (N-methyl/N-ethyl adjacent to an activating group) is 1. The maximum atomic E-state index is 12.8. The predicted octanol–water partition coefficient (Wildman–Crippen LogP) is 3.26. The third kappa shape index (κ3) is 3.93. The van der Waals surface area contributed by atoms with Crippen LogP contribution in [-0.4, -0.2) is 45.7 Å². The van der Waals surface area contributed by atoms with Crippen LogP contribution in [0, 0.1) is 0 Å². The zero-order valence-electron chi connectivity index (χ0n) is 16.8. The van der Waals surface area contributed by atoms with Crippen molar-refractivity contribution < 1.29 is 9.53 Å². The average molecular weight is 402 g/mol. The molecule has 0 bridgehead atoms. The molecule has 4 rings (SSSR count).